The summed E-state index contributed by atoms with van der Waals surface area (Å²) < 4.78 is 2.11. The molecular formula is C16H16ClNO. The van der Waals surface area contributed by atoms with Crippen LogP contribution in [0.5, 0.6) is 0 Å². The van der Waals surface area contributed by atoms with E-state index in [1.165, 1.54) is 11.1 Å². The van der Waals surface area contributed by atoms with E-state index >= 15 is 0 Å². The predicted octanol–water partition coefficient (Wildman–Crippen LogP) is 4.10. The molecule has 2 aromatic rings. The van der Waals surface area contributed by atoms with Crippen LogP contribution in [-0.2, 0) is 13.0 Å². The summed E-state index contributed by atoms with van der Waals surface area (Å²) in [6.45, 7) is 0.789. The number of hydrogen-bond acceptors (Lipinski definition) is 1. The van der Waals surface area contributed by atoms with Crippen molar-refractivity contribution in [2.24, 2.45) is 0 Å². The minimum absolute atomic E-state index is 0.294. The summed E-state index contributed by atoms with van der Waals surface area (Å²) in [5.41, 5.74) is 3.32. The lowest BCUT2D eigenvalue weighted by Gasteiger charge is -2.03. The highest BCUT2D eigenvalue weighted by molar-refractivity contribution is 6.30. The molecule has 1 aromatic heterocycles. The first-order valence-electron chi connectivity index (χ1n) is 6.69. The third-order valence-corrected chi connectivity index (χ3v) is 3.89. The van der Waals surface area contributed by atoms with E-state index in [1.807, 2.05) is 30.5 Å². The molecule has 1 aliphatic rings. The van der Waals surface area contributed by atoms with Gasteiger partial charge in [-0.2, -0.15) is 0 Å². The average Bonchev–Trinajstić information content (AvgIpc) is 2.72. The Balaban J connectivity index is 1.84. The van der Waals surface area contributed by atoms with Crippen LogP contribution in [0.2, 0.25) is 5.02 Å². The number of nitrogens with zero attached hydrogens (tertiary/aromatic N) is 1. The fourth-order valence-electron chi connectivity index (χ4n) is 2.63. The van der Waals surface area contributed by atoms with E-state index in [9.17, 15) is 4.79 Å². The number of aryl methyl sites for hydroxylation is 1. The monoisotopic (exact) mass is 273 g/mol. The van der Waals surface area contributed by atoms with Crippen molar-refractivity contribution in [2.45, 2.75) is 32.2 Å². The Morgan fingerprint density at radius 3 is 2.58 bits per heavy atom. The average molecular weight is 274 g/mol. The Morgan fingerprint density at radius 1 is 1.05 bits per heavy atom. The molecule has 0 atom stereocenters. The summed E-state index contributed by atoms with van der Waals surface area (Å²) in [6, 6.07) is 7.84. The maximum atomic E-state index is 12.0. The Hall–Kier alpha value is -1.54. The molecular weight excluding hydrogens is 258 g/mol. The molecule has 1 heterocycles. The van der Waals surface area contributed by atoms with Crippen molar-refractivity contribution in [1.29, 1.82) is 0 Å². The summed E-state index contributed by atoms with van der Waals surface area (Å²) in [4.78, 5) is 12.0. The summed E-state index contributed by atoms with van der Waals surface area (Å²) >= 11 is 5.88. The van der Waals surface area contributed by atoms with Crippen LogP contribution in [-0.4, -0.2) is 10.4 Å². The molecule has 0 bridgehead atoms. The predicted molar refractivity (Wildman–Crippen MR) is 76.9 cm³/mol. The van der Waals surface area contributed by atoms with Crippen molar-refractivity contribution in [2.75, 3.05) is 0 Å². The number of ketones is 1. The fraction of sp³-hybridized carbons (Fsp3) is 0.312. The molecule has 0 fully saturated rings. The number of carbonyl (C=O) groups excluding carboxylic acids is 1. The first-order valence-corrected chi connectivity index (χ1v) is 7.06. The zero-order valence-corrected chi connectivity index (χ0v) is 11.5. The zero-order valence-electron chi connectivity index (χ0n) is 10.7. The molecule has 2 nitrogen and oxygen atoms in total. The van der Waals surface area contributed by atoms with E-state index < -0.39 is 0 Å². The molecule has 0 radical (unpaired) electrons. The lowest BCUT2D eigenvalue weighted by atomic mass is 10.1. The fourth-order valence-corrected chi connectivity index (χ4v) is 2.76. The second-order valence-corrected chi connectivity index (χ2v) is 5.56. The highest BCUT2D eigenvalue weighted by Crippen LogP contribution is 2.22. The third kappa shape index (κ3) is 2.74. The van der Waals surface area contributed by atoms with Gasteiger partial charge in [-0.1, -0.05) is 23.7 Å². The maximum Gasteiger partial charge on any atom is 0.164 e. The van der Waals surface area contributed by atoms with Crippen molar-refractivity contribution in [3.05, 3.63) is 58.4 Å². The minimum atomic E-state index is 0.294. The van der Waals surface area contributed by atoms with Gasteiger partial charge in [0.15, 0.2) is 5.78 Å². The smallest absolute Gasteiger partial charge is 0.164 e. The van der Waals surface area contributed by atoms with Gasteiger partial charge in [-0.3, -0.25) is 4.79 Å². The van der Waals surface area contributed by atoms with Crippen molar-refractivity contribution in [3.63, 3.8) is 0 Å². The van der Waals surface area contributed by atoms with E-state index in [0.29, 0.717) is 12.2 Å². The van der Waals surface area contributed by atoms with Crippen LogP contribution in [0.3, 0.4) is 0 Å². The van der Waals surface area contributed by atoms with Crippen LogP contribution < -0.4 is 0 Å². The van der Waals surface area contributed by atoms with Gasteiger partial charge in [-0.15, -0.1) is 0 Å². The number of carbonyl (C=O) groups is 1. The van der Waals surface area contributed by atoms with Gasteiger partial charge in [0.1, 0.15) is 0 Å². The molecule has 0 saturated carbocycles. The van der Waals surface area contributed by atoms with Gasteiger partial charge in [0, 0.05) is 35.9 Å². The van der Waals surface area contributed by atoms with Crippen molar-refractivity contribution < 1.29 is 4.79 Å². The Labute approximate surface area is 118 Å². The van der Waals surface area contributed by atoms with Gasteiger partial charge in [0.25, 0.3) is 0 Å². The quantitative estimate of drug-likeness (QED) is 0.755. The van der Waals surface area contributed by atoms with Crippen molar-refractivity contribution >= 4 is 17.4 Å². The highest BCUT2D eigenvalue weighted by atomic mass is 35.5. The normalized spacial score (nSPS) is 15.1. The summed E-state index contributed by atoms with van der Waals surface area (Å²) in [6.07, 6.45) is 7.96. The van der Waals surface area contributed by atoms with E-state index in [2.05, 4.69) is 10.8 Å². The lowest BCUT2D eigenvalue weighted by molar-refractivity contribution is 0.0982. The van der Waals surface area contributed by atoms with Gasteiger partial charge in [-0.05, 0) is 42.5 Å². The number of hydrogen-bond donors (Lipinski definition) is 0. The van der Waals surface area contributed by atoms with Crippen LogP contribution >= 0.6 is 11.6 Å². The molecule has 1 aliphatic carbocycles. The molecule has 3 rings (SSSR count). The van der Waals surface area contributed by atoms with Crippen molar-refractivity contribution in [1.82, 2.24) is 4.57 Å². The number of benzene rings is 1. The molecule has 0 N–H and O–H groups in total. The molecule has 0 amide bonds. The number of rotatable bonds is 2. The minimum Gasteiger partial charge on any atom is -0.349 e. The standard InChI is InChI=1S/C16H16ClNO/c17-14-7-5-12(6-8-14)9-18-10-13-3-1-2-4-16(19)15(13)11-18/h5-8,10-11H,1-4,9H2. The summed E-state index contributed by atoms with van der Waals surface area (Å²) in [5.74, 6) is 0.294. The van der Waals surface area contributed by atoms with E-state index in [4.69, 9.17) is 11.6 Å². The zero-order chi connectivity index (χ0) is 13.2. The Bertz CT molecular complexity index is 598. The van der Waals surface area contributed by atoms with Crippen LogP contribution in [0, 0.1) is 0 Å². The largest absolute Gasteiger partial charge is 0.349 e. The molecule has 0 saturated heterocycles. The second-order valence-electron chi connectivity index (χ2n) is 5.13. The van der Waals surface area contributed by atoms with E-state index in [1.54, 1.807) is 0 Å². The topological polar surface area (TPSA) is 22.0 Å². The number of halogens is 1. The third-order valence-electron chi connectivity index (χ3n) is 3.64. The van der Waals surface area contributed by atoms with Crippen molar-refractivity contribution in [3.8, 4) is 0 Å². The van der Waals surface area contributed by atoms with E-state index in [0.717, 1.165) is 36.4 Å². The van der Waals surface area contributed by atoms with Gasteiger partial charge in [0.05, 0.1) is 0 Å². The Morgan fingerprint density at radius 2 is 1.79 bits per heavy atom. The summed E-state index contributed by atoms with van der Waals surface area (Å²) in [5, 5.41) is 0.752. The highest BCUT2D eigenvalue weighted by Gasteiger charge is 2.17. The van der Waals surface area contributed by atoms with Gasteiger partial charge in [0.2, 0.25) is 0 Å². The van der Waals surface area contributed by atoms with Gasteiger partial charge in [-0.25, -0.2) is 0 Å². The van der Waals surface area contributed by atoms with Gasteiger partial charge >= 0.3 is 0 Å². The number of aromatic nitrogens is 1. The van der Waals surface area contributed by atoms with Crippen LogP contribution in [0.25, 0.3) is 0 Å². The second kappa shape index (κ2) is 5.22. The van der Waals surface area contributed by atoms with Crippen LogP contribution in [0.15, 0.2) is 36.7 Å². The van der Waals surface area contributed by atoms with Crippen LogP contribution in [0.1, 0.15) is 40.7 Å². The van der Waals surface area contributed by atoms with Crippen LogP contribution in [0.4, 0.5) is 0 Å². The van der Waals surface area contributed by atoms with E-state index in [-0.39, 0.29) is 0 Å². The molecule has 0 unspecified atom stereocenters. The first-order chi connectivity index (χ1) is 9.22. The first kappa shape index (κ1) is 12.5. The molecule has 98 valence electrons. The van der Waals surface area contributed by atoms with Gasteiger partial charge < -0.3 is 4.57 Å². The molecule has 19 heavy (non-hydrogen) atoms. The number of fused-ring (bicyclic) bond motifs is 1. The molecule has 0 spiro atoms. The summed E-state index contributed by atoms with van der Waals surface area (Å²) in [7, 11) is 0. The SMILES string of the molecule is O=C1CCCCc2cn(Cc3ccc(Cl)cc3)cc21. The molecule has 3 heteroatoms. The maximum absolute atomic E-state index is 12.0. The number of Topliss-reactive ketones (excluding diaryl/α,β-unsaturated/α-hetero) is 1. The lowest BCUT2D eigenvalue weighted by Crippen LogP contribution is -1.98. The Kier molecular flexibility index (Phi) is 3.43. The molecule has 0 aliphatic heterocycles. The molecule has 1 aromatic carbocycles.